The van der Waals surface area contributed by atoms with Crippen molar-refractivity contribution in [3.63, 3.8) is 0 Å². The van der Waals surface area contributed by atoms with Crippen molar-refractivity contribution in [2.75, 3.05) is 12.4 Å². The molecular formula is C13H21NOS. The summed E-state index contributed by atoms with van der Waals surface area (Å²) in [6.45, 7) is 4.47. The van der Waals surface area contributed by atoms with E-state index in [-0.39, 0.29) is 12.6 Å². The Morgan fingerprint density at radius 2 is 1.88 bits per heavy atom. The summed E-state index contributed by atoms with van der Waals surface area (Å²) >= 11 is 1.79. The van der Waals surface area contributed by atoms with E-state index in [1.165, 1.54) is 10.5 Å². The smallest absolute Gasteiger partial charge is 0.0582 e. The second-order valence-electron chi connectivity index (χ2n) is 4.30. The second-order valence-corrected chi connectivity index (χ2v) is 5.47. The first-order valence-corrected chi connectivity index (χ1v) is 6.71. The Balaban J connectivity index is 2.38. The molecule has 1 unspecified atom stereocenters. The topological polar surface area (TPSA) is 46.2 Å². The monoisotopic (exact) mass is 239 g/mol. The molecule has 1 aromatic rings. The third-order valence-electron chi connectivity index (χ3n) is 2.54. The van der Waals surface area contributed by atoms with Crippen LogP contribution in [-0.2, 0) is 0 Å². The summed E-state index contributed by atoms with van der Waals surface area (Å²) in [5.74, 6) is 1.55. The van der Waals surface area contributed by atoms with Crippen LogP contribution in [0, 0.1) is 0 Å². The molecule has 0 saturated carbocycles. The van der Waals surface area contributed by atoms with E-state index in [0.29, 0.717) is 5.92 Å². The van der Waals surface area contributed by atoms with Crippen molar-refractivity contribution in [1.29, 1.82) is 0 Å². The molecule has 0 bridgehead atoms. The number of hydrogen-bond acceptors (Lipinski definition) is 3. The molecule has 16 heavy (non-hydrogen) atoms. The molecule has 0 fully saturated rings. The number of hydrogen-bond donors (Lipinski definition) is 2. The number of benzene rings is 1. The fourth-order valence-corrected chi connectivity index (χ4v) is 2.35. The summed E-state index contributed by atoms with van der Waals surface area (Å²) in [5, 5.41) is 8.80. The fourth-order valence-electron chi connectivity index (χ4n) is 1.37. The van der Waals surface area contributed by atoms with E-state index < -0.39 is 0 Å². The molecule has 0 spiro atoms. The van der Waals surface area contributed by atoms with Crippen LogP contribution in [0.1, 0.15) is 31.7 Å². The molecule has 0 aliphatic rings. The number of thioether (sulfide) groups is 1. The summed E-state index contributed by atoms with van der Waals surface area (Å²) in [6.07, 6.45) is 0.854. The summed E-state index contributed by atoms with van der Waals surface area (Å²) in [7, 11) is 0. The molecule has 0 heterocycles. The molecule has 0 aliphatic heterocycles. The Bertz CT molecular complexity index is 297. The zero-order chi connectivity index (χ0) is 12.0. The lowest BCUT2D eigenvalue weighted by Crippen LogP contribution is -2.24. The van der Waals surface area contributed by atoms with E-state index in [0.717, 1.165) is 12.2 Å². The predicted octanol–water partition coefficient (Wildman–Crippen LogP) is 2.61. The average Bonchev–Trinajstić information content (AvgIpc) is 2.29. The van der Waals surface area contributed by atoms with E-state index >= 15 is 0 Å². The highest BCUT2D eigenvalue weighted by atomic mass is 32.2. The number of aliphatic hydroxyl groups excluding tert-OH is 1. The average molecular weight is 239 g/mol. The highest BCUT2D eigenvalue weighted by Gasteiger charge is 2.02. The van der Waals surface area contributed by atoms with Crippen molar-refractivity contribution in [1.82, 2.24) is 0 Å². The van der Waals surface area contributed by atoms with Crippen molar-refractivity contribution in [2.45, 2.75) is 37.1 Å². The lowest BCUT2D eigenvalue weighted by molar-refractivity contribution is 0.264. The van der Waals surface area contributed by atoms with E-state index in [4.69, 9.17) is 10.8 Å². The van der Waals surface area contributed by atoms with Crippen molar-refractivity contribution in [3.05, 3.63) is 29.8 Å². The molecule has 1 rings (SSSR count). The third kappa shape index (κ3) is 4.56. The molecule has 0 aliphatic carbocycles. The quantitative estimate of drug-likeness (QED) is 0.750. The minimum atomic E-state index is -0.0811. The molecule has 3 heteroatoms. The second kappa shape index (κ2) is 6.94. The fraction of sp³-hybridized carbons (Fsp3) is 0.538. The molecule has 1 atom stereocenters. The van der Waals surface area contributed by atoms with Crippen LogP contribution in [0.4, 0.5) is 0 Å². The Morgan fingerprint density at radius 3 is 2.38 bits per heavy atom. The standard InChI is InChI=1S/C13H21NOS/c1-10(2)11-3-5-13(6-4-11)16-8-7-12(14)9-15/h3-6,10,12,15H,7-9,14H2,1-2H3. The van der Waals surface area contributed by atoms with Gasteiger partial charge in [0.2, 0.25) is 0 Å². The van der Waals surface area contributed by atoms with Crippen molar-refractivity contribution < 1.29 is 5.11 Å². The third-order valence-corrected chi connectivity index (χ3v) is 3.58. The van der Waals surface area contributed by atoms with Gasteiger partial charge in [-0.2, -0.15) is 0 Å². The van der Waals surface area contributed by atoms with Crippen molar-refractivity contribution >= 4 is 11.8 Å². The Hall–Kier alpha value is -0.510. The van der Waals surface area contributed by atoms with Crippen LogP contribution in [0.15, 0.2) is 29.2 Å². The SMILES string of the molecule is CC(C)c1ccc(SCCC(N)CO)cc1. The zero-order valence-electron chi connectivity index (χ0n) is 10.0. The van der Waals surface area contributed by atoms with Gasteiger partial charge in [0.25, 0.3) is 0 Å². The number of rotatable bonds is 6. The van der Waals surface area contributed by atoms with Crippen LogP contribution >= 0.6 is 11.8 Å². The Kier molecular flexibility index (Phi) is 5.88. The summed E-state index contributed by atoms with van der Waals surface area (Å²) in [5.41, 5.74) is 7.01. The molecule has 0 amide bonds. The van der Waals surface area contributed by atoms with Gasteiger partial charge in [-0.05, 0) is 35.8 Å². The minimum Gasteiger partial charge on any atom is -0.395 e. The molecule has 0 radical (unpaired) electrons. The van der Waals surface area contributed by atoms with E-state index in [1.54, 1.807) is 11.8 Å². The molecule has 0 aromatic heterocycles. The highest BCUT2D eigenvalue weighted by molar-refractivity contribution is 7.99. The van der Waals surface area contributed by atoms with Crippen LogP contribution < -0.4 is 5.73 Å². The predicted molar refractivity (Wildman–Crippen MR) is 70.9 cm³/mol. The van der Waals surface area contributed by atoms with Gasteiger partial charge in [0, 0.05) is 10.9 Å². The van der Waals surface area contributed by atoms with Gasteiger partial charge in [0.1, 0.15) is 0 Å². The normalized spacial score (nSPS) is 13.1. The summed E-state index contributed by atoms with van der Waals surface area (Å²) < 4.78 is 0. The van der Waals surface area contributed by atoms with Gasteiger partial charge in [-0.3, -0.25) is 0 Å². The van der Waals surface area contributed by atoms with Crippen LogP contribution in [0.25, 0.3) is 0 Å². The lowest BCUT2D eigenvalue weighted by atomic mass is 10.0. The van der Waals surface area contributed by atoms with Gasteiger partial charge in [0.15, 0.2) is 0 Å². The van der Waals surface area contributed by atoms with Crippen LogP contribution in [-0.4, -0.2) is 23.5 Å². The molecule has 0 saturated heterocycles. The maximum absolute atomic E-state index is 8.80. The van der Waals surface area contributed by atoms with E-state index in [9.17, 15) is 0 Å². The van der Waals surface area contributed by atoms with Gasteiger partial charge >= 0.3 is 0 Å². The Morgan fingerprint density at radius 1 is 1.25 bits per heavy atom. The maximum Gasteiger partial charge on any atom is 0.0582 e. The molecule has 2 nitrogen and oxygen atoms in total. The molecule has 1 aromatic carbocycles. The van der Waals surface area contributed by atoms with Gasteiger partial charge in [0.05, 0.1) is 6.61 Å². The molecular weight excluding hydrogens is 218 g/mol. The van der Waals surface area contributed by atoms with Crippen LogP contribution in [0.2, 0.25) is 0 Å². The maximum atomic E-state index is 8.80. The van der Waals surface area contributed by atoms with Gasteiger partial charge in [-0.25, -0.2) is 0 Å². The molecule has 3 N–H and O–H groups in total. The van der Waals surface area contributed by atoms with Gasteiger partial charge < -0.3 is 10.8 Å². The number of nitrogens with two attached hydrogens (primary N) is 1. The van der Waals surface area contributed by atoms with E-state index in [2.05, 4.69) is 38.1 Å². The number of aliphatic hydroxyl groups is 1. The minimum absolute atomic E-state index is 0.0762. The first kappa shape index (κ1) is 13.6. The van der Waals surface area contributed by atoms with E-state index in [1.807, 2.05) is 0 Å². The van der Waals surface area contributed by atoms with Crippen LogP contribution in [0.5, 0.6) is 0 Å². The highest BCUT2D eigenvalue weighted by Crippen LogP contribution is 2.22. The summed E-state index contributed by atoms with van der Waals surface area (Å²) in [6, 6.07) is 8.59. The summed E-state index contributed by atoms with van der Waals surface area (Å²) in [4.78, 5) is 1.27. The first-order chi connectivity index (χ1) is 7.63. The van der Waals surface area contributed by atoms with Crippen LogP contribution in [0.3, 0.4) is 0 Å². The van der Waals surface area contributed by atoms with Crippen molar-refractivity contribution in [2.24, 2.45) is 5.73 Å². The molecule has 90 valence electrons. The van der Waals surface area contributed by atoms with Gasteiger partial charge in [-0.1, -0.05) is 26.0 Å². The lowest BCUT2D eigenvalue weighted by Gasteiger charge is -2.08. The Labute approximate surface area is 102 Å². The zero-order valence-corrected chi connectivity index (χ0v) is 10.8. The van der Waals surface area contributed by atoms with Gasteiger partial charge in [-0.15, -0.1) is 11.8 Å². The first-order valence-electron chi connectivity index (χ1n) is 5.72. The van der Waals surface area contributed by atoms with Crippen molar-refractivity contribution in [3.8, 4) is 0 Å². The largest absolute Gasteiger partial charge is 0.395 e.